The number of halogens is 1. The summed E-state index contributed by atoms with van der Waals surface area (Å²) >= 11 is 3.39. The summed E-state index contributed by atoms with van der Waals surface area (Å²) in [5.41, 5.74) is 4.04. The molecule has 120 valence electrons. The van der Waals surface area contributed by atoms with E-state index in [-0.39, 0.29) is 5.91 Å². The van der Waals surface area contributed by atoms with Crippen molar-refractivity contribution in [2.24, 2.45) is 0 Å². The Balaban J connectivity index is 1.74. The monoisotopic (exact) mass is 381 g/mol. The van der Waals surface area contributed by atoms with Crippen LogP contribution in [0.1, 0.15) is 16.1 Å². The fourth-order valence-electron chi connectivity index (χ4n) is 2.20. The molecule has 2 aromatic carbocycles. The number of hydrogen-bond acceptors (Lipinski definition) is 3. The fourth-order valence-corrected chi connectivity index (χ4v) is 2.60. The minimum Gasteiger partial charge on any atom is -0.355 e. The number of anilines is 3. The van der Waals surface area contributed by atoms with Gasteiger partial charge in [-0.05, 0) is 49.4 Å². The van der Waals surface area contributed by atoms with Gasteiger partial charge in [0, 0.05) is 27.7 Å². The highest BCUT2D eigenvalue weighted by Crippen LogP contribution is 2.19. The van der Waals surface area contributed by atoms with Crippen LogP contribution in [0, 0.1) is 6.92 Å². The third-order valence-corrected chi connectivity index (χ3v) is 3.91. The zero-order valence-electron chi connectivity index (χ0n) is 13.1. The summed E-state index contributed by atoms with van der Waals surface area (Å²) in [6, 6.07) is 19.1. The van der Waals surface area contributed by atoms with Crippen molar-refractivity contribution in [2.45, 2.75) is 6.92 Å². The summed E-state index contributed by atoms with van der Waals surface area (Å²) in [5, 5.41) is 6.11. The molecule has 1 amide bonds. The lowest BCUT2D eigenvalue weighted by atomic mass is 10.2. The number of aromatic nitrogens is 1. The molecule has 0 aliphatic rings. The number of pyridine rings is 1. The number of nitrogens with one attached hydrogen (secondary N) is 2. The van der Waals surface area contributed by atoms with Crippen molar-refractivity contribution < 1.29 is 4.79 Å². The maximum atomic E-state index is 12.4. The Morgan fingerprint density at radius 2 is 1.75 bits per heavy atom. The van der Waals surface area contributed by atoms with Crippen LogP contribution in [0.5, 0.6) is 0 Å². The van der Waals surface area contributed by atoms with Gasteiger partial charge in [0.1, 0.15) is 5.69 Å². The van der Waals surface area contributed by atoms with Crippen molar-refractivity contribution in [1.82, 2.24) is 4.98 Å². The quantitative estimate of drug-likeness (QED) is 0.656. The Morgan fingerprint density at radius 3 is 2.50 bits per heavy atom. The third-order valence-electron chi connectivity index (χ3n) is 3.42. The first kappa shape index (κ1) is 16.2. The first-order chi connectivity index (χ1) is 11.6. The van der Waals surface area contributed by atoms with Crippen LogP contribution in [-0.2, 0) is 0 Å². The molecule has 0 aliphatic heterocycles. The summed E-state index contributed by atoms with van der Waals surface area (Å²) < 4.78 is 0.906. The highest BCUT2D eigenvalue weighted by Gasteiger charge is 2.09. The highest BCUT2D eigenvalue weighted by molar-refractivity contribution is 9.10. The van der Waals surface area contributed by atoms with Crippen molar-refractivity contribution >= 4 is 38.9 Å². The molecule has 24 heavy (non-hydrogen) atoms. The lowest BCUT2D eigenvalue weighted by molar-refractivity contribution is 0.102. The second-order valence-electron chi connectivity index (χ2n) is 5.39. The smallest absolute Gasteiger partial charge is 0.274 e. The van der Waals surface area contributed by atoms with E-state index in [9.17, 15) is 4.79 Å². The van der Waals surface area contributed by atoms with E-state index in [1.807, 2.05) is 61.5 Å². The van der Waals surface area contributed by atoms with Gasteiger partial charge in [-0.25, -0.2) is 0 Å². The topological polar surface area (TPSA) is 54.0 Å². The summed E-state index contributed by atoms with van der Waals surface area (Å²) in [4.78, 5) is 16.5. The lowest BCUT2D eigenvalue weighted by Crippen LogP contribution is -2.13. The van der Waals surface area contributed by atoms with Crippen molar-refractivity contribution in [3.8, 4) is 0 Å². The molecular weight excluding hydrogens is 366 g/mol. The zero-order chi connectivity index (χ0) is 16.9. The standard InChI is InChI=1S/C19H16BrN3O/c1-13-5-7-15(8-6-13)22-17-9-10-21-18(12-17)19(24)23-16-4-2-3-14(20)11-16/h2-12H,1H3,(H,21,22)(H,23,24). The van der Waals surface area contributed by atoms with Gasteiger partial charge in [-0.2, -0.15) is 0 Å². The van der Waals surface area contributed by atoms with Crippen LogP contribution in [0.2, 0.25) is 0 Å². The van der Waals surface area contributed by atoms with Gasteiger partial charge >= 0.3 is 0 Å². The predicted octanol–water partition coefficient (Wildman–Crippen LogP) is 5.15. The summed E-state index contributed by atoms with van der Waals surface area (Å²) in [6.07, 6.45) is 1.62. The molecule has 0 fully saturated rings. The van der Waals surface area contributed by atoms with Gasteiger partial charge in [-0.3, -0.25) is 9.78 Å². The van der Waals surface area contributed by atoms with E-state index in [0.717, 1.165) is 15.8 Å². The van der Waals surface area contributed by atoms with Crippen molar-refractivity contribution in [1.29, 1.82) is 0 Å². The Morgan fingerprint density at radius 1 is 0.958 bits per heavy atom. The number of nitrogens with zero attached hydrogens (tertiary/aromatic N) is 1. The summed E-state index contributed by atoms with van der Waals surface area (Å²) in [7, 11) is 0. The number of aryl methyl sites for hydroxylation is 1. The summed E-state index contributed by atoms with van der Waals surface area (Å²) in [6.45, 7) is 2.04. The average molecular weight is 382 g/mol. The molecule has 0 radical (unpaired) electrons. The van der Waals surface area contributed by atoms with Gasteiger partial charge < -0.3 is 10.6 Å². The maximum absolute atomic E-state index is 12.4. The molecule has 0 aliphatic carbocycles. The van der Waals surface area contributed by atoms with E-state index in [1.54, 1.807) is 12.3 Å². The van der Waals surface area contributed by atoms with E-state index < -0.39 is 0 Å². The molecular formula is C19H16BrN3O. The van der Waals surface area contributed by atoms with Gasteiger partial charge in [0.15, 0.2) is 0 Å². The van der Waals surface area contributed by atoms with Crippen LogP contribution in [0.25, 0.3) is 0 Å². The largest absolute Gasteiger partial charge is 0.355 e. The van der Waals surface area contributed by atoms with Crippen molar-refractivity contribution in [3.05, 3.63) is 82.6 Å². The number of hydrogen-bond donors (Lipinski definition) is 2. The second-order valence-corrected chi connectivity index (χ2v) is 6.30. The van der Waals surface area contributed by atoms with E-state index in [1.165, 1.54) is 5.56 Å². The second kappa shape index (κ2) is 7.27. The van der Waals surface area contributed by atoms with Crippen LogP contribution in [-0.4, -0.2) is 10.9 Å². The van der Waals surface area contributed by atoms with Gasteiger partial charge in [-0.15, -0.1) is 0 Å². The minimum atomic E-state index is -0.249. The minimum absolute atomic E-state index is 0.249. The molecule has 1 heterocycles. The van der Waals surface area contributed by atoms with Gasteiger partial charge in [0.25, 0.3) is 5.91 Å². The molecule has 1 aromatic heterocycles. The van der Waals surface area contributed by atoms with E-state index >= 15 is 0 Å². The molecule has 5 heteroatoms. The first-order valence-electron chi connectivity index (χ1n) is 7.47. The van der Waals surface area contributed by atoms with Crippen LogP contribution in [0.3, 0.4) is 0 Å². The third kappa shape index (κ3) is 4.20. The average Bonchev–Trinajstić information content (AvgIpc) is 2.57. The Hall–Kier alpha value is -2.66. The van der Waals surface area contributed by atoms with Gasteiger partial charge in [0.05, 0.1) is 0 Å². The van der Waals surface area contributed by atoms with Crippen molar-refractivity contribution in [3.63, 3.8) is 0 Å². The van der Waals surface area contributed by atoms with Crippen LogP contribution in [0.4, 0.5) is 17.1 Å². The SMILES string of the molecule is Cc1ccc(Nc2ccnc(C(=O)Nc3cccc(Br)c3)c2)cc1. The van der Waals surface area contributed by atoms with Crippen LogP contribution >= 0.6 is 15.9 Å². The molecule has 3 rings (SSSR count). The van der Waals surface area contributed by atoms with Gasteiger partial charge in [0.2, 0.25) is 0 Å². The van der Waals surface area contributed by atoms with E-state index in [0.29, 0.717) is 11.4 Å². The van der Waals surface area contributed by atoms with Crippen LogP contribution < -0.4 is 10.6 Å². The zero-order valence-corrected chi connectivity index (χ0v) is 14.7. The Bertz CT molecular complexity index is 862. The Kier molecular flexibility index (Phi) is 4.91. The van der Waals surface area contributed by atoms with Gasteiger partial charge in [-0.1, -0.05) is 39.7 Å². The fraction of sp³-hybridized carbons (Fsp3) is 0.0526. The lowest BCUT2D eigenvalue weighted by Gasteiger charge is -2.09. The summed E-state index contributed by atoms with van der Waals surface area (Å²) in [5.74, 6) is -0.249. The molecule has 4 nitrogen and oxygen atoms in total. The molecule has 0 atom stereocenters. The molecule has 3 aromatic rings. The van der Waals surface area contributed by atoms with Crippen molar-refractivity contribution in [2.75, 3.05) is 10.6 Å². The first-order valence-corrected chi connectivity index (χ1v) is 8.26. The van der Waals surface area contributed by atoms with Crippen LogP contribution in [0.15, 0.2) is 71.3 Å². The number of carbonyl (C=O) groups excluding carboxylic acids is 1. The molecule has 0 saturated heterocycles. The maximum Gasteiger partial charge on any atom is 0.274 e. The number of amides is 1. The number of rotatable bonds is 4. The van der Waals surface area contributed by atoms with E-state index in [2.05, 4.69) is 31.5 Å². The molecule has 0 unspecified atom stereocenters. The predicted molar refractivity (Wildman–Crippen MR) is 101 cm³/mol. The molecule has 0 spiro atoms. The highest BCUT2D eigenvalue weighted by atomic mass is 79.9. The normalized spacial score (nSPS) is 10.2. The molecule has 0 bridgehead atoms. The number of carbonyl (C=O) groups is 1. The molecule has 2 N–H and O–H groups in total. The Labute approximate surface area is 149 Å². The molecule has 0 saturated carbocycles. The van der Waals surface area contributed by atoms with E-state index in [4.69, 9.17) is 0 Å². The number of benzene rings is 2.